The highest BCUT2D eigenvalue weighted by Crippen LogP contribution is 2.14. The third-order valence-corrected chi connectivity index (χ3v) is 3.40. The zero-order valence-electron chi connectivity index (χ0n) is 11.6. The van der Waals surface area contributed by atoms with Gasteiger partial charge in [-0.15, -0.1) is 0 Å². The van der Waals surface area contributed by atoms with Crippen LogP contribution in [0.5, 0.6) is 0 Å². The Morgan fingerprint density at radius 3 is 2.29 bits per heavy atom. The first kappa shape index (κ1) is 15.3. The lowest BCUT2D eigenvalue weighted by Crippen LogP contribution is -2.02. The van der Waals surface area contributed by atoms with Crippen molar-refractivity contribution in [1.82, 2.24) is 0 Å². The molecule has 0 spiro atoms. The molecular formula is C18H15BrO2. The topological polar surface area (TPSA) is 26.3 Å². The summed E-state index contributed by atoms with van der Waals surface area (Å²) in [6.07, 6.45) is 5.46. The number of carbonyl (C=O) groups excluding carboxylic acids is 1. The first-order valence-electron chi connectivity index (χ1n) is 6.48. The molecule has 3 heteroatoms. The molecule has 21 heavy (non-hydrogen) atoms. The molecule has 2 nitrogen and oxygen atoms in total. The number of methoxy groups -OCH3 is 1. The van der Waals surface area contributed by atoms with E-state index >= 15 is 0 Å². The Kier molecular flexibility index (Phi) is 5.52. The SMILES string of the molecule is COC(=O)C(=Cc1ccccc1)/C=C/c1ccc(Br)cc1. The molecule has 0 radical (unpaired) electrons. The predicted molar refractivity (Wildman–Crippen MR) is 89.6 cm³/mol. The number of esters is 1. The summed E-state index contributed by atoms with van der Waals surface area (Å²) in [5.74, 6) is -0.354. The first-order chi connectivity index (χ1) is 10.2. The second-order valence-corrected chi connectivity index (χ2v) is 5.30. The smallest absolute Gasteiger partial charge is 0.337 e. The number of hydrogen-bond acceptors (Lipinski definition) is 2. The van der Waals surface area contributed by atoms with E-state index in [1.54, 1.807) is 12.2 Å². The van der Waals surface area contributed by atoms with Crippen LogP contribution in [0.15, 0.2) is 70.7 Å². The van der Waals surface area contributed by atoms with Gasteiger partial charge < -0.3 is 4.74 Å². The van der Waals surface area contributed by atoms with Crippen LogP contribution in [0.1, 0.15) is 11.1 Å². The van der Waals surface area contributed by atoms with E-state index in [2.05, 4.69) is 15.9 Å². The van der Waals surface area contributed by atoms with Crippen LogP contribution in [0.4, 0.5) is 0 Å². The average Bonchev–Trinajstić information content (AvgIpc) is 2.53. The van der Waals surface area contributed by atoms with Crippen molar-refractivity contribution in [2.24, 2.45) is 0 Å². The van der Waals surface area contributed by atoms with E-state index in [1.807, 2.05) is 60.7 Å². The molecule has 0 aromatic heterocycles. The monoisotopic (exact) mass is 342 g/mol. The van der Waals surface area contributed by atoms with Gasteiger partial charge in [-0.1, -0.05) is 64.5 Å². The van der Waals surface area contributed by atoms with E-state index < -0.39 is 0 Å². The van der Waals surface area contributed by atoms with Crippen molar-refractivity contribution in [2.75, 3.05) is 7.11 Å². The van der Waals surface area contributed by atoms with Gasteiger partial charge in [0.05, 0.1) is 12.7 Å². The average molecular weight is 343 g/mol. The highest BCUT2D eigenvalue weighted by molar-refractivity contribution is 9.10. The number of carbonyl (C=O) groups is 1. The van der Waals surface area contributed by atoms with Crippen LogP contribution < -0.4 is 0 Å². The first-order valence-corrected chi connectivity index (χ1v) is 7.27. The lowest BCUT2D eigenvalue weighted by atomic mass is 10.1. The molecule has 0 unspecified atom stereocenters. The van der Waals surface area contributed by atoms with E-state index in [-0.39, 0.29) is 5.97 Å². The molecule has 0 saturated carbocycles. The van der Waals surface area contributed by atoms with Crippen molar-refractivity contribution >= 4 is 34.1 Å². The summed E-state index contributed by atoms with van der Waals surface area (Å²) in [6, 6.07) is 17.5. The molecule has 0 N–H and O–H groups in total. The molecule has 0 saturated heterocycles. The lowest BCUT2D eigenvalue weighted by molar-refractivity contribution is -0.135. The van der Waals surface area contributed by atoms with Gasteiger partial charge in [-0.2, -0.15) is 0 Å². The zero-order valence-corrected chi connectivity index (χ0v) is 13.2. The van der Waals surface area contributed by atoms with Gasteiger partial charge in [0.2, 0.25) is 0 Å². The Hall–Kier alpha value is -2.13. The molecule has 2 rings (SSSR count). The van der Waals surface area contributed by atoms with Gasteiger partial charge >= 0.3 is 5.97 Å². The summed E-state index contributed by atoms with van der Waals surface area (Å²) in [6.45, 7) is 0. The summed E-state index contributed by atoms with van der Waals surface area (Å²) in [4.78, 5) is 11.8. The number of rotatable bonds is 4. The van der Waals surface area contributed by atoms with Crippen LogP contribution in [-0.2, 0) is 9.53 Å². The fourth-order valence-electron chi connectivity index (χ4n) is 1.78. The van der Waals surface area contributed by atoms with E-state index in [0.29, 0.717) is 5.57 Å². The minimum atomic E-state index is -0.354. The minimum absolute atomic E-state index is 0.354. The molecular weight excluding hydrogens is 328 g/mol. The third-order valence-electron chi connectivity index (χ3n) is 2.87. The Morgan fingerprint density at radius 1 is 1.00 bits per heavy atom. The van der Waals surface area contributed by atoms with Crippen molar-refractivity contribution in [2.45, 2.75) is 0 Å². The molecule has 0 amide bonds. The highest BCUT2D eigenvalue weighted by atomic mass is 79.9. The van der Waals surface area contributed by atoms with Crippen LogP contribution in [-0.4, -0.2) is 13.1 Å². The van der Waals surface area contributed by atoms with Gasteiger partial charge in [0.1, 0.15) is 0 Å². The lowest BCUT2D eigenvalue weighted by Gasteiger charge is -2.01. The molecule has 0 aliphatic heterocycles. The summed E-state index contributed by atoms with van der Waals surface area (Å²) in [5.41, 5.74) is 2.48. The number of ether oxygens (including phenoxy) is 1. The second kappa shape index (κ2) is 7.60. The number of hydrogen-bond donors (Lipinski definition) is 0. The van der Waals surface area contributed by atoms with Gasteiger partial charge in [-0.3, -0.25) is 0 Å². The quantitative estimate of drug-likeness (QED) is 0.456. The molecule has 0 bridgehead atoms. The molecule has 106 valence electrons. The molecule has 0 fully saturated rings. The molecule has 0 aliphatic rings. The molecule has 2 aromatic carbocycles. The summed E-state index contributed by atoms with van der Waals surface area (Å²) in [7, 11) is 1.38. The van der Waals surface area contributed by atoms with Crippen molar-refractivity contribution < 1.29 is 9.53 Å². The summed E-state index contributed by atoms with van der Waals surface area (Å²) in [5, 5.41) is 0. The van der Waals surface area contributed by atoms with E-state index in [9.17, 15) is 4.79 Å². The van der Waals surface area contributed by atoms with Crippen LogP contribution in [0.2, 0.25) is 0 Å². The standard InChI is InChI=1S/C18H15BrO2/c1-21-18(20)16(13-15-5-3-2-4-6-15)10-7-14-8-11-17(19)12-9-14/h2-13H,1H3/b10-7+,16-13?. The molecule has 0 atom stereocenters. The zero-order chi connectivity index (χ0) is 15.1. The summed E-state index contributed by atoms with van der Waals surface area (Å²) < 4.78 is 5.85. The van der Waals surface area contributed by atoms with Crippen molar-refractivity contribution in [1.29, 1.82) is 0 Å². The maximum Gasteiger partial charge on any atom is 0.337 e. The predicted octanol–water partition coefficient (Wildman–Crippen LogP) is 4.72. The van der Waals surface area contributed by atoms with E-state index in [1.165, 1.54) is 7.11 Å². The van der Waals surface area contributed by atoms with Gasteiger partial charge in [0, 0.05) is 4.47 Å². The van der Waals surface area contributed by atoms with Crippen LogP contribution >= 0.6 is 15.9 Å². The molecule has 0 heterocycles. The van der Waals surface area contributed by atoms with Gasteiger partial charge in [0.25, 0.3) is 0 Å². The summed E-state index contributed by atoms with van der Waals surface area (Å²) >= 11 is 3.39. The van der Waals surface area contributed by atoms with Crippen molar-refractivity contribution in [3.8, 4) is 0 Å². The Labute approximate surface area is 132 Å². The maximum absolute atomic E-state index is 11.8. The van der Waals surface area contributed by atoms with Gasteiger partial charge in [-0.05, 0) is 35.4 Å². The Morgan fingerprint density at radius 2 is 1.67 bits per heavy atom. The highest BCUT2D eigenvalue weighted by Gasteiger charge is 2.05. The van der Waals surface area contributed by atoms with Gasteiger partial charge in [0.15, 0.2) is 0 Å². The number of halogens is 1. The molecule has 0 aliphatic carbocycles. The largest absolute Gasteiger partial charge is 0.465 e. The van der Waals surface area contributed by atoms with Gasteiger partial charge in [-0.25, -0.2) is 4.79 Å². The minimum Gasteiger partial charge on any atom is -0.465 e. The molecule has 2 aromatic rings. The fourth-order valence-corrected chi connectivity index (χ4v) is 2.05. The van der Waals surface area contributed by atoms with Crippen molar-refractivity contribution in [3.63, 3.8) is 0 Å². The van der Waals surface area contributed by atoms with Crippen LogP contribution in [0.3, 0.4) is 0 Å². The van der Waals surface area contributed by atoms with Crippen LogP contribution in [0, 0.1) is 0 Å². The van der Waals surface area contributed by atoms with Crippen molar-refractivity contribution in [3.05, 3.63) is 81.8 Å². The Bertz CT molecular complexity index is 655. The third kappa shape index (κ3) is 4.72. The second-order valence-electron chi connectivity index (χ2n) is 4.39. The van der Waals surface area contributed by atoms with E-state index in [0.717, 1.165) is 15.6 Å². The number of benzene rings is 2. The van der Waals surface area contributed by atoms with Crippen LogP contribution in [0.25, 0.3) is 12.2 Å². The normalized spacial score (nSPS) is 11.6. The fraction of sp³-hybridized carbons (Fsp3) is 0.0556. The maximum atomic E-state index is 11.8. The Balaban J connectivity index is 2.27. The van der Waals surface area contributed by atoms with E-state index in [4.69, 9.17) is 4.74 Å².